The molecule has 6 nitrogen and oxygen atoms in total. The predicted octanol–water partition coefficient (Wildman–Crippen LogP) is -0.491. The molecule has 6 N–H and O–H groups in total. The molecule has 0 spiro atoms. The smallest absolute Gasteiger partial charge is 0.275 e. The molecule has 0 radical (unpaired) electrons. The van der Waals surface area contributed by atoms with E-state index in [1.165, 1.54) is 6.07 Å². The van der Waals surface area contributed by atoms with Gasteiger partial charge in [-0.2, -0.15) is 5.26 Å². The summed E-state index contributed by atoms with van der Waals surface area (Å²) in [6.45, 7) is 0. The number of thiophene rings is 1. The highest BCUT2D eigenvalue weighted by Gasteiger charge is 2.12. The fraction of sp³-hybridized carbons (Fsp3) is 0. The molecule has 0 fully saturated rings. The molecule has 0 atom stereocenters. The lowest BCUT2D eigenvalue weighted by Crippen LogP contribution is -2.29. The van der Waals surface area contributed by atoms with Crippen molar-refractivity contribution in [2.45, 2.75) is 0 Å². The van der Waals surface area contributed by atoms with Gasteiger partial charge in [-0.25, -0.2) is 11.7 Å². The lowest BCUT2D eigenvalue weighted by molar-refractivity contribution is 0.0957. The van der Waals surface area contributed by atoms with Gasteiger partial charge in [0.2, 0.25) is 0 Å². The molecule has 1 amide bonds. The van der Waals surface area contributed by atoms with Crippen LogP contribution in [0, 0.1) is 11.3 Å². The SMILES string of the molecule is N#Cc1cc(C(=O)NN)sc1NN. The average Bonchev–Trinajstić information content (AvgIpc) is 2.59. The van der Waals surface area contributed by atoms with E-state index in [4.69, 9.17) is 16.9 Å². The highest BCUT2D eigenvalue weighted by Crippen LogP contribution is 2.26. The summed E-state index contributed by atoms with van der Waals surface area (Å²) in [7, 11) is 0. The Morgan fingerprint density at radius 3 is 2.69 bits per heavy atom. The first-order valence-electron chi connectivity index (χ1n) is 3.24. The molecule has 13 heavy (non-hydrogen) atoms. The normalized spacial score (nSPS) is 9.00. The van der Waals surface area contributed by atoms with Gasteiger partial charge in [0.15, 0.2) is 0 Å². The largest absolute Gasteiger partial charge is 0.314 e. The number of amides is 1. The Morgan fingerprint density at radius 1 is 1.62 bits per heavy atom. The molecule has 0 aliphatic rings. The van der Waals surface area contributed by atoms with Gasteiger partial charge < -0.3 is 5.43 Å². The number of nitriles is 1. The molecule has 0 aliphatic heterocycles. The van der Waals surface area contributed by atoms with Crippen molar-refractivity contribution in [3.05, 3.63) is 16.5 Å². The van der Waals surface area contributed by atoms with Crippen molar-refractivity contribution in [3.8, 4) is 6.07 Å². The highest BCUT2D eigenvalue weighted by atomic mass is 32.1. The predicted molar refractivity (Wildman–Crippen MR) is 48.5 cm³/mol. The van der Waals surface area contributed by atoms with Gasteiger partial charge in [0, 0.05) is 0 Å². The quantitative estimate of drug-likeness (QED) is 0.290. The van der Waals surface area contributed by atoms with E-state index in [-0.39, 0.29) is 0 Å². The number of nitrogens with two attached hydrogens (primary N) is 2. The van der Waals surface area contributed by atoms with Crippen LogP contribution in [0.15, 0.2) is 6.07 Å². The molecule has 7 heteroatoms. The zero-order valence-electron chi connectivity index (χ0n) is 6.50. The number of hydrazine groups is 2. The minimum atomic E-state index is -0.442. The summed E-state index contributed by atoms with van der Waals surface area (Å²) in [5.41, 5.74) is 4.61. The summed E-state index contributed by atoms with van der Waals surface area (Å²) in [5, 5.41) is 9.06. The van der Waals surface area contributed by atoms with Crippen LogP contribution in [0.5, 0.6) is 0 Å². The van der Waals surface area contributed by atoms with Crippen LogP contribution in [-0.2, 0) is 0 Å². The first-order valence-corrected chi connectivity index (χ1v) is 4.06. The molecule has 0 aliphatic carbocycles. The molecular formula is C6H7N5OS. The van der Waals surface area contributed by atoms with Crippen LogP contribution in [0.3, 0.4) is 0 Å². The molecule has 0 bridgehead atoms. The third kappa shape index (κ3) is 1.75. The maximum Gasteiger partial charge on any atom is 0.275 e. The van der Waals surface area contributed by atoms with Gasteiger partial charge in [-0.3, -0.25) is 10.2 Å². The second-order valence-corrected chi connectivity index (χ2v) is 3.14. The summed E-state index contributed by atoms with van der Waals surface area (Å²) in [6.07, 6.45) is 0. The Bertz CT molecular complexity index is 366. The van der Waals surface area contributed by atoms with Crippen molar-refractivity contribution in [1.29, 1.82) is 5.26 Å². The Kier molecular flexibility index (Phi) is 2.81. The van der Waals surface area contributed by atoms with Gasteiger partial charge in [-0.05, 0) is 6.07 Å². The van der Waals surface area contributed by atoms with E-state index >= 15 is 0 Å². The summed E-state index contributed by atoms with van der Waals surface area (Å²) < 4.78 is 0. The number of hydrogen-bond acceptors (Lipinski definition) is 6. The van der Waals surface area contributed by atoms with Gasteiger partial charge in [-0.1, -0.05) is 0 Å². The number of hydrogen-bond donors (Lipinski definition) is 4. The van der Waals surface area contributed by atoms with Crippen molar-refractivity contribution in [1.82, 2.24) is 5.43 Å². The third-order valence-corrected chi connectivity index (χ3v) is 2.40. The molecule has 1 heterocycles. The number of nitrogens with zero attached hydrogens (tertiary/aromatic N) is 1. The molecule has 0 unspecified atom stereocenters. The van der Waals surface area contributed by atoms with Crippen molar-refractivity contribution in [3.63, 3.8) is 0 Å². The number of rotatable bonds is 2. The van der Waals surface area contributed by atoms with Crippen LogP contribution in [0.1, 0.15) is 15.2 Å². The van der Waals surface area contributed by atoms with Crippen molar-refractivity contribution < 1.29 is 4.79 Å². The first-order chi connectivity index (χ1) is 6.22. The Hall–Kier alpha value is -1.62. The van der Waals surface area contributed by atoms with Crippen LogP contribution in [0.4, 0.5) is 5.00 Å². The van der Waals surface area contributed by atoms with Gasteiger partial charge in [0.1, 0.15) is 11.1 Å². The maximum atomic E-state index is 11.0. The molecule has 1 rings (SSSR count). The number of nitrogens with one attached hydrogen (secondary N) is 2. The maximum absolute atomic E-state index is 11.0. The molecule has 0 saturated carbocycles. The summed E-state index contributed by atoms with van der Waals surface area (Å²) >= 11 is 1.07. The lowest BCUT2D eigenvalue weighted by Gasteiger charge is -1.92. The zero-order valence-corrected chi connectivity index (χ0v) is 7.31. The summed E-state index contributed by atoms with van der Waals surface area (Å²) in [6, 6.07) is 3.31. The number of carbonyl (C=O) groups excluding carboxylic acids is 1. The molecule has 0 saturated heterocycles. The van der Waals surface area contributed by atoms with E-state index in [0.717, 1.165) is 11.3 Å². The molecule has 0 aromatic carbocycles. The van der Waals surface area contributed by atoms with Gasteiger partial charge in [0.25, 0.3) is 5.91 Å². The van der Waals surface area contributed by atoms with Crippen molar-refractivity contribution in [2.24, 2.45) is 11.7 Å². The number of anilines is 1. The van der Waals surface area contributed by atoms with Crippen LogP contribution in [0.2, 0.25) is 0 Å². The van der Waals surface area contributed by atoms with E-state index < -0.39 is 5.91 Å². The molecule has 1 aromatic heterocycles. The molecule has 1 aromatic rings. The lowest BCUT2D eigenvalue weighted by atomic mass is 10.3. The molecule has 68 valence electrons. The fourth-order valence-corrected chi connectivity index (χ4v) is 1.59. The van der Waals surface area contributed by atoms with Crippen LogP contribution in [0.25, 0.3) is 0 Å². The molecular weight excluding hydrogens is 190 g/mol. The van der Waals surface area contributed by atoms with E-state index in [0.29, 0.717) is 15.4 Å². The van der Waals surface area contributed by atoms with Gasteiger partial charge >= 0.3 is 0 Å². The fourth-order valence-electron chi connectivity index (χ4n) is 0.764. The van der Waals surface area contributed by atoms with E-state index in [2.05, 4.69) is 5.43 Å². The monoisotopic (exact) mass is 197 g/mol. The summed E-state index contributed by atoms with van der Waals surface area (Å²) in [4.78, 5) is 11.3. The Morgan fingerprint density at radius 2 is 2.31 bits per heavy atom. The Balaban J connectivity index is 3.08. The topological polar surface area (TPSA) is 117 Å². The van der Waals surface area contributed by atoms with Gasteiger partial charge in [0.05, 0.1) is 10.4 Å². The van der Waals surface area contributed by atoms with Crippen LogP contribution in [-0.4, -0.2) is 5.91 Å². The van der Waals surface area contributed by atoms with Crippen LogP contribution >= 0.6 is 11.3 Å². The highest BCUT2D eigenvalue weighted by molar-refractivity contribution is 7.18. The van der Waals surface area contributed by atoms with Crippen LogP contribution < -0.4 is 22.5 Å². The zero-order chi connectivity index (χ0) is 9.84. The minimum Gasteiger partial charge on any atom is -0.314 e. The van der Waals surface area contributed by atoms with Crippen molar-refractivity contribution in [2.75, 3.05) is 5.43 Å². The number of nitrogen functional groups attached to an aromatic ring is 2. The summed E-state index contributed by atoms with van der Waals surface area (Å²) in [5.74, 6) is 9.60. The van der Waals surface area contributed by atoms with E-state index in [9.17, 15) is 4.79 Å². The second kappa shape index (κ2) is 3.86. The van der Waals surface area contributed by atoms with E-state index in [1.54, 1.807) is 0 Å². The first kappa shape index (κ1) is 9.47. The van der Waals surface area contributed by atoms with E-state index in [1.807, 2.05) is 11.5 Å². The standard InChI is InChI=1S/C6H7N5OS/c7-2-3-1-4(5(12)10-8)13-6(3)11-9/h1,11H,8-9H2,(H,10,12). The Labute approximate surface area is 78.1 Å². The van der Waals surface area contributed by atoms with Gasteiger partial charge in [-0.15, -0.1) is 11.3 Å². The number of carbonyl (C=O) groups is 1. The minimum absolute atomic E-state index is 0.325. The average molecular weight is 197 g/mol. The third-order valence-electron chi connectivity index (χ3n) is 1.34. The van der Waals surface area contributed by atoms with Crippen molar-refractivity contribution >= 4 is 22.2 Å². The second-order valence-electron chi connectivity index (χ2n) is 2.08.